The molecule has 1 saturated heterocycles. The SMILES string of the molecule is Cc1ccc(S(=O)(=O)c2nc3[nH]c(I)cc3c(-c3cnc(C4(O)CN(C)C4)s3)c2Cl)cc1. The first-order valence-electron chi connectivity index (χ1n) is 9.65. The molecule has 32 heavy (non-hydrogen) atoms. The highest BCUT2D eigenvalue weighted by atomic mass is 127. The number of aromatic amines is 1. The van der Waals surface area contributed by atoms with Crippen molar-refractivity contribution < 1.29 is 13.5 Å². The van der Waals surface area contributed by atoms with Gasteiger partial charge in [0.2, 0.25) is 9.84 Å². The number of fused-ring (bicyclic) bond motifs is 1. The van der Waals surface area contributed by atoms with Crippen molar-refractivity contribution in [2.24, 2.45) is 0 Å². The van der Waals surface area contributed by atoms with Crippen molar-refractivity contribution in [3.63, 3.8) is 0 Å². The van der Waals surface area contributed by atoms with Crippen LogP contribution in [0.25, 0.3) is 21.5 Å². The molecule has 1 aliphatic heterocycles. The summed E-state index contributed by atoms with van der Waals surface area (Å²) in [5, 5.41) is 11.9. The van der Waals surface area contributed by atoms with Crippen LogP contribution in [0.1, 0.15) is 10.6 Å². The highest BCUT2D eigenvalue weighted by molar-refractivity contribution is 14.1. The summed E-state index contributed by atoms with van der Waals surface area (Å²) in [5.74, 6) is 0. The molecule has 11 heteroatoms. The number of pyridine rings is 1. The number of aryl methyl sites for hydroxylation is 1. The smallest absolute Gasteiger partial charge is 0.225 e. The molecule has 4 heterocycles. The predicted molar refractivity (Wildman–Crippen MR) is 133 cm³/mol. The first-order chi connectivity index (χ1) is 15.1. The number of aliphatic hydroxyl groups is 1. The molecular formula is C21H18ClIN4O3S2. The van der Waals surface area contributed by atoms with Gasteiger partial charge in [-0.1, -0.05) is 29.3 Å². The third-order valence-corrected chi connectivity index (χ3v) is 9.42. The van der Waals surface area contributed by atoms with Crippen LogP contribution in [-0.4, -0.2) is 53.5 Å². The van der Waals surface area contributed by atoms with E-state index in [4.69, 9.17) is 11.6 Å². The summed E-state index contributed by atoms with van der Waals surface area (Å²) in [6.07, 6.45) is 1.64. The van der Waals surface area contributed by atoms with Crippen LogP contribution in [-0.2, 0) is 15.4 Å². The van der Waals surface area contributed by atoms with Gasteiger partial charge in [0, 0.05) is 30.2 Å². The van der Waals surface area contributed by atoms with E-state index < -0.39 is 15.4 Å². The zero-order valence-corrected chi connectivity index (χ0v) is 21.6. The van der Waals surface area contributed by atoms with Gasteiger partial charge in [-0.25, -0.2) is 18.4 Å². The molecule has 3 aromatic heterocycles. The third kappa shape index (κ3) is 3.57. The molecule has 0 unspecified atom stereocenters. The lowest BCUT2D eigenvalue weighted by atomic mass is 9.96. The maximum atomic E-state index is 13.4. The van der Waals surface area contributed by atoms with E-state index in [0.29, 0.717) is 39.6 Å². The van der Waals surface area contributed by atoms with E-state index in [1.165, 1.54) is 11.3 Å². The predicted octanol–water partition coefficient (Wildman–Crippen LogP) is 4.22. The number of rotatable bonds is 4. The molecule has 166 valence electrons. The zero-order valence-electron chi connectivity index (χ0n) is 17.1. The Morgan fingerprint density at radius 1 is 1.28 bits per heavy atom. The lowest BCUT2D eigenvalue weighted by molar-refractivity contribution is -0.0919. The topological polar surface area (TPSA) is 99.2 Å². The summed E-state index contributed by atoms with van der Waals surface area (Å²) in [7, 11) is -2.03. The van der Waals surface area contributed by atoms with Crippen molar-refractivity contribution >= 4 is 66.4 Å². The average molecular weight is 601 g/mol. The van der Waals surface area contributed by atoms with Gasteiger partial charge in [0.05, 0.1) is 18.5 Å². The number of sulfone groups is 1. The molecule has 0 aliphatic carbocycles. The number of likely N-dealkylation sites (N-methyl/N-ethyl adjacent to an activating group) is 1. The Morgan fingerprint density at radius 3 is 2.62 bits per heavy atom. The van der Waals surface area contributed by atoms with Gasteiger partial charge in [-0.3, -0.25) is 4.90 Å². The van der Waals surface area contributed by atoms with Gasteiger partial charge in [0.15, 0.2) is 5.03 Å². The van der Waals surface area contributed by atoms with Crippen molar-refractivity contribution in [1.82, 2.24) is 19.9 Å². The quantitative estimate of drug-likeness (QED) is 0.341. The first kappa shape index (κ1) is 22.2. The van der Waals surface area contributed by atoms with Gasteiger partial charge in [-0.2, -0.15) is 0 Å². The molecule has 2 N–H and O–H groups in total. The lowest BCUT2D eigenvalue weighted by Crippen LogP contribution is -2.57. The van der Waals surface area contributed by atoms with E-state index in [-0.39, 0.29) is 14.9 Å². The van der Waals surface area contributed by atoms with E-state index >= 15 is 0 Å². The molecule has 1 aromatic carbocycles. The number of hydrogen-bond acceptors (Lipinski definition) is 7. The summed E-state index contributed by atoms with van der Waals surface area (Å²) in [6.45, 7) is 2.88. The first-order valence-corrected chi connectivity index (χ1v) is 13.4. The van der Waals surface area contributed by atoms with Crippen LogP contribution in [0.3, 0.4) is 0 Å². The molecule has 0 saturated carbocycles. The maximum Gasteiger partial charge on any atom is 0.225 e. The number of H-pyrrole nitrogens is 1. The molecule has 0 amide bonds. The maximum absolute atomic E-state index is 13.4. The van der Waals surface area contributed by atoms with Crippen molar-refractivity contribution in [1.29, 1.82) is 0 Å². The van der Waals surface area contributed by atoms with Crippen LogP contribution >= 0.6 is 45.5 Å². The molecule has 0 spiro atoms. The Balaban J connectivity index is 1.71. The Kier molecular flexibility index (Phi) is 5.38. The number of nitrogens with one attached hydrogen (secondary N) is 1. The molecule has 4 aromatic rings. The second kappa shape index (κ2) is 7.74. The van der Waals surface area contributed by atoms with Crippen LogP contribution in [0.2, 0.25) is 5.02 Å². The molecule has 5 rings (SSSR count). The summed E-state index contributed by atoms with van der Waals surface area (Å²) in [5.41, 5.74) is 0.924. The standard InChI is InChI=1S/C21H18ClIN4O3S2/c1-11-3-5-12(6-4-11)32(29,30)19-17(22)16(13-7-15(23)25-18(13)26-19)14-8-24-20(31-14)21(28)9-27(2)10-21/h3-8,28H,9-10H2,1-2H3,(H,25,26). The Morgan fingerprint density at radius 2 is 1.97 bits per heavy atom. The minimum absolute atomic E-state index is 0.0430. The number of thiazole rings is 1. The number of benzene rings is 1. The molecule has 0 bridgehead atoms. The summed E-state index contributed by atoms with van der Waals surface area (Å²) in [6, 6.07) is 8.46. The largest absolute Gasteiger partial charge is 0.380 e. The molecule has 1 aliphatic rings. The van der Waals surface area contributed by atoms with Gasteiger partial charge >= 0.3 is 0 Å². The highest BCUT2D eigenvalue weighted by Gasteiger charge is 2.43. The van der Waals surface area contributed by atoms with Gasteiger partial charge in [-0.15, -0.1) is 11.3 Å². The Hall–Kier alpha value is -1.57. The molecule has 0 atom stereocenters. The van der Waals surface area contributed by atoms with E-state index in [2.05, 4.69) is 37.5 Å². The second-order valence-electron chi connectivity index (χ2n) is 8.04. The highest BCUT2D eigenvalue weighted by Crippen LogP contribution is 2.44. The minimum Gasteiger partial charge on any atom is -0.380 e. The van der Waals surface area contributed by atoms with Crippen LogP contribution in [0.5, 0.6) is 0 Å². The van der Waals surface area contributed by atoms with Gasteiger partial charge < -0.3 is 10.1 Å². The summed E-state index contributed by atoms with van der Waals surface area (Å²) >= 11 is 10.2. The molecule has 0 radical (unpaired) electrons. The van der Waals surface area contributed by atoms with Crippen molar-refractivity contribution in [2.45, 2.75) is 22.4 Å². The molecule has 1 fully saturated rings. The van der Waals surface area contributed by atoms with Crippen molar-refractivity contribution in [3.05, 3.63) is 55.8 Å². The fourth-order valence-corrected chi connectivity index (χ4v) is 7.39. The monoisotopic (exact) mass is 600 g/mol. The number of halogens is 2. The summed E-state index contributed by atoms with van der Waals surface area (Å²) in [4.78, 5) is 14.7. The average Bonchev–Trinajstić information content (AvgIpc) is 3.33. The van der Waals surface area contributed by atoms with Crippen LogP contribution < -0.4 is 0 Å². The molecular weight excluding hydrogens is 583 g/mol. The van der Waals surface area contributed by atoms with Crippen LogP contribution in [0.15, 0.2) is 46.5 Å². The van der Waals surface area contributed by atoms with Gasteiger partial charge in [0.25, 0.3) is 0 Å². The van der Waals surface area contributed by atoms with E-state index in [1.54, 1.807) is 30.5 Å². The number of β-amino-alcohol motifs (C(OH)–C–C–N with tert-alkyl or cyclic N) is 1. The molecule has 7 nitrogen and oxygen atoms in total. The zero-order chi connectivity index (χ0) is 22.8. The van der Waals surface area contributed by atoms with Crippen LogP contribution in [0, 0.1) is 10.6 Å². The van der Waals surface area contributed by atoms with E-state index in [9.17, 15) is 13.5 Å². The normalized spacial score (nSPS) is 16.4. The third-order valence-electron chi connectivity index (χ3n) is 5.45. The van der Waals surface area contributed by atoms with Crippen molar-refractivity contribution in [2.75, 3.05) is 20.1 Å². The number of aromatic nitrogens is 3. The summed E-state index contributed by atoms with van der Waals surface area (Å²) < 4.78 is 27.7. The van der Waals surface area contributed by atoms with E-state index in [0.717, 1.165) is 9.26 Å². The van der Waals surface area contributed by atoms with Gasteiger partial charge in [-0.05, 0) is 54.8 Å². The van der Waals surface area contributed by atoms with Crippen LogP contribution in [0.4, 0.5) is 0 Å². The number of hydrogen-bond donors (Lipinski definition) is 2. The Bertz CT molecular complexity index is 1460. The van der Waals surface area contributed by atoms with Gasteiger partial charge in [0.1, 0.15) is 16.3 Å². The lowest BCUT2D eigenvalue weighted by Gasteiger charge is -2.42. The fraction of sp³-hybridized carbons (Fsp3) is 0.238. The number of nitrogens with zero attached hydrogens (tertiary/aromatic N) is 3. The van der Waals surface area contributed by atoms with E-state index in [1.807, 2.05) is 24.9 Å². The van der Waals surface area contributed by atoms with Crippen molar-refractivity contribution in [3.8, 4) is 10.4 Å². The second-order valence-corrected chi connectivity index (χ2v) is 12.5. The Labute approximate surface area is 207 Å². The minimum atomic E-state index is -3.96. The fourth-order valence-electron chi connectivity index (χ4n) is 3.90. The number of likely N-dealkylation sites (tertiary alicyclic amines) is 1.